The zero-order valence-corrected chi connectivity index (χ0v) is 36.0. The monoisotopic (exact) mass is 785 g/mol. The number of phosphoric acid groups is 1. The zero-order chi connectivity index (χ0) is 39.6. The predicted molar refractivity (Wildman–Crippen MR) is 225 cm³/mol. The van der Waals surface area contributed by atoms with Gasteiger partial charge in [-0.25, -0.2) is 4.57 Å². The summed E-state index contributed by atoms with van der Waals surface area (Å²) >= 11 is 0. The highest BCUT2D eigenvalue weighted by Gasteiger charge is 2.23. The minimum Gasteiger partial charge on any atom is -0.462 e. The molecule has 318 valence electrons. The van der Waals surface area contributed by atoms with Gasteiger partial charge in [-0.1, -0.05) is 186 Å². The van der Waals surface area contributed by atoms with E-state index in [1.54, 1.807) is 0 Å². The van der Waals surface area contributed by atoms with Gasteiger partial charge >= 0.3 is 19.8 Å². The van der Waals surface area contributed by atoms with Gasteiger partial charge in [-0.15, -0.1) is 0 Å². The van der Waals surface area contributed by atoms with E-state index in [0.29, 0.717) is 6.42 Å². The maximum Gasteiger partial charge on any atom is 0.469 e. The summed E-state index contributed by atoms with van der Waals surface area (Å²) in [4.78, 5) is 42.9. The Morgan fingerprint density at radius 3 is 1.19 bits per heavy atom. The number of carbonyl (C=O) groups excluding carboxylic acids is 2. The van der Waals surface area contributed by atoms with Gasteiger partial charge in [0.25, 0.3) is 0 Å². The van der Waals surface area contributed by atoms with Crippen LogP contribution in [0.15, 0.2) is 24.3 Å². The van der Waals surface area contributed by atoms with Crippen molar-refractivity contribution in [3.8, 4) is 0 Å². The molecule has 2 N–H and O–H groups in total. The van der Waals surface area contributed by atoms with Gasteiger partial charge in [0.1, 0.15) is 6.61 Å². The van der Waals surface area contributed by atoms with Crippen molar-refractivity contribution >= 4 is 19.8 Å². The number of allylic oxidation sites excluding steroid dienone is 4. The van der Waals surface area contributed by atoms with E-state index in [2.05, 4.69) is 42.7 Å². The third kappa shape index (κ3) is 43.3. The van der Waals surface area contributed by atoms with Gasteiger partial charge in [0, 0.05) is 12.8 Å². The fourth-order valence-electron chi connectivity index (χ4n) is 6.53. The summed E-state index contributed by atoms with van der Waals surface area (Å²) in [6.45, 7) is 3.67. The number of carbonyl (C=O) groups is 2. The molecule has 8 nitrogen and oxygen atoms in total. The molecule has 0 saturated heterocycles. The Labute approximate surface area is 332 Å². The molecule has 0 aliphatic heterocycles. The van der Waals surface area contributed by atoms with Crippen LogP contribution in [-0.2, 0) is 28.2 Å². The van der Waals surface area contributed by atoms with E-state index in [1.807, 2.05) is 0 Å². The fourth-order valence-corrected chi connectivity index (χ4v) is 6.89. The molecule has 1 atom stereocenters. The third-order valence-corrected chi connectivity index (χ3v) is 10.4. The van der Waals surface area contributed by atoms with Crippen molar-refractivity contribution in [1.29, 1.82) is 0 Å². The van der Waals surface area contributed by atoms with Crippen LogP contribution < -0.4 is 0 Å². The molecule has 0 rings (SSSR count). The minimum atomic E-state index is -4.75. The Kier molecular flexibility index (Phi) is 40.1. The maximum absolute atomic E-state index is 12.4. The van der Waals surface area contributed by atoms with Gasteiger partial charge in [-0.2, -0.15) is 0 Å². The molecule has 9 heteroatoms. The molecule has 0 aromatic carbocycles. The van der Waals surface area contributed by atoms with Crippen molar-refractivity contribution in [2.75, 3.05) is 13.2 Å². The van der Waals surface area contributed by atoms with Gasteiger partial charge in [-0.3, -0.25) is 14.1 Å². The van der Waals surface area contributed by atoms with E-state index in [-0.39, 0.29) is 19.4 Å². The summed E-state index contributed by atoms with van der Waals surface area (Å²) in [6.07, 6.45) is 47.6. The molecule has 0 unspecified atom stereocenters. The number of rotatable bonds is 42. The van der Waals surface area contributed by atoms with Gasteiger partial charge < -0.3 is 19.3 Å². The van der Waals surface area contributed by atoms with Gasteiger partial charge in [0.2, 0.25) is 0 Å². The lowest BCUT2D eigenvalue weighted by atomic mass is 10.0. The molecule has 0 radical (unpaired) electrons. The minimum absolute atomic E-state index is 0.212. The van der Waals surface area contributed by atoms with E-state index >= 15 is 0 Å². The molecular weight excluding hydrogens is 699 g/mol. The van der Waals surface area contributed by atoms with Crippen LogP contribution >= 0.6 is 7.82 Å². The van der Waals surface area contributed by atoms with Crippen LogP contribution in [0.25, 0.3) is 0 Å². The molecular formula is C45H85O8P. The zero-order valence-electron chi connectivity index (χ0n) is 35.1. The standard InChI is InChI=1S/C45H85O8P/c1-3-5-7-9-11-13-15-17-19-20-21-22-23-24-26-27-29-31-33-35-37-39-44(46)51-41-43(42-52-54(48,49)50)53-45(47)40-38-36-34-32-30-28-25-18-16-14-12-10-8-6-4-2/h10,12,17,19,43H,3-9,11,13-16,18,20-42H2,1-2H3,(H2,48,49,50)/b12-10+,19-17+/t43-/m1/s1. The Balaban J connectivity index is 3.83. The van der Waals surface area contributed by atoms with Crippen molar-refractivity contribution in [2.24, 2.45) is 0 Å². The summed E-state index contributed by atoms with van der Waals surface area (Å²) in [6, 6.07) is 0. The van der Waals surface area contributed by atoms with E-state index in [4.69, 9.17) is 19.3 Å². The fraction of sp³-hybridized carbons (Fsp3) is 0.867. The third-order valence-electron chi connectivity index (χ3n) is 9.94. The van der Waals surface area contributed by atoms with E-state index in [1.165, 1.54) is 161 Å². The first-order valence-corrected chi connectivity index (χ1v) is 24.2. The second-order valence-corrected chi connectivity index (χ2v) is 16.6. The van der Waals surface area contributed by atoms with Crippen molar-refractivity contribution in [1.82, 2.24) is 0 Å². The normalized spacial score (nSPS) is 12.6. The summed E-state index contributed by atoms with van der Waals surface area (Å²) in [7, 11) is -4.75. The number of unbranched alkanes of at least 4 members (excludes halogenated alkanes) is 28. The Bertz CT molecular complexity index is 931. The molecule has 0 aliphatic rings. The Morgan fingerprint density at radius 2 is 0.796 bits per heavy atom. The summed E-state index contributed by atoms with van der Waals surface area (Å²) in [5.74, 6) is -0.879. The second-order valence-electron chi connectivity index (χ2n) is 15.4. The van der Waals surface area contributed by atoms with E-state index in [9.17, 15) is 14.2 Å². The quantitative estimate of drug-likeness (QED) is 0.0272. The summed E-state index contributed by atoms with van der Waals surface area (Å²) in [5.41, 5.74) is 0. The Hall–Kier alpha value is -1.47. The smallest absolute Gasteiger partial charge is 0.462 e. The average molecular weight is 785 g/mol. The van der Waals surface area contributed by atoms with Crippen molar-refractivity contribution in [3.63, 3.8) is 0 Å². The molecule has 0 saturated carbocycles. The molecule has 0 aromatic heterocycles. The number of ether oxygens (including phenoxy) is 2. The van der Waals surface area contributed by atoms with Crippen LogP contribution in [-0.4, -0.2) is 41.0 Å². The molecule has 0 aromatic rings. The molecule has 0 amide bonds. The summed E-state index contributed by atoms with van der Waals surface area (Å²) in [5, 5.41) is 0. The van der Waals surface area contributed by atoms with Crippen LogP contribution in [0.5, 0.6) is 0 Å². The van der Waals surface area contributed by atoms with Crippen molar-refractivity contribution in [2.45, 2.75) is 238 Å². The highest BCUT2D eigenvalue weighted by molar-refractivity contribution is 7.46. The molecule has 54 heavy (non-hydrogen) atoms. The lowest BCUT2D eigenvalue weighted by Gasteiger charge is -2.18. The lowest BCUT2D eigenvalue weighted by molar-refractivity contribution is -0.161. The molecule has 0 heterocycles. The largest absolute Gasteiger partial charge is 0.469 e. The topological polar surface area (TPSA) is 119 Å². The van der Waals surface area contributed by atoms with Crippen LogP contribution in [0.2, 0.25) is 0 Å². The molecule has 0 aliphatic carbocycles. The van der Waals surface area contributed by atoms with Crippen molar-refractivity contribution in [3.05, 3.63) is 24.3 Å². The first-order chi connectivity index (χ1) is 26.3. The van der Waals surface area contributed by atoms with E-state index in [0.717, 1.165) is 38.5 Å². The average Bonchev–Trinajstić information content (AvgIpc) is 3.14. The number of hydrogen-bond acceptors (Lipinski definition) is 6. The van der Waals surface area contributed by atoms with Crippen LogP contribution in [0.1, 0.15) is 232 Å². The number of hydrogen-bond donors (Lipinski definition) is 2. The van der Waals surface area contributed by atoms with Crippen LogP contribution in [0.3, 0.4) is 0 Å². The van der Waals surface area contributed by atoms with Gasteiger partial charge in [0.15, 0.2) is 6.10 Å². The van der Waals surface area contributed by atoms with Gasteiger partial charge in [-0.05, 0) is 57.8 Å². The van der Waals surface area contributed by atoms with Crippen LogP contribution in [0.4, 0.5) is 0 Å². The number of esters is 2. The van der Waals surface area contributed by atoms with Crippen LogP contribution in [0, 0.1) is 0 Å². The van der Waals surface area contributed by atoms with E-state index < -0.39 is 32.5 Å². The molecule has 0 spiro atoms. The summed E-state index contributed by atoms with van der Waals surface area (Å²) < 4.78 is 26.4. The molecule has 0 fully saturated rings. The van der Waals surface area contributed by atoms with Crippen molar-refractivity contribution < 1.29 is 37.9 Å². The predicted octanol–water partition coefficient (Wildman–Crippen LogP) is 14.0. The second kappa shape index (κ2) is 41.2. The SMILES string of the molecule is CCCC/C=C/CCCCCCCCCCCC(=O)O[C@H](COC(=O)CCCCCCCCCCCCC/C=C/CCCCCCCC)COP(=O)(O)O. The highest BCUT2D eigenvalue weighted by Crippen LogP contribution is 2.36. The first-order valence-electron chi connectivity index (χ1n) is 22.6. The maximum atomic E-state index is 12.4. The molecule has 0 bridgehead atoms. The lowest BCUT2D eigenvalue weighted by Crippen LogP contribution is -2.29. The highest BCUT2D eigenvalue weighted by atomic mass is 31.2. The Morgan fingerprint density at radius 1 is 0.463 bits per heavy atom. The first kappa shape index (κ1) is 52.5. The number of phosphoric ester groups is 1. The van der Waals surface area contributed by atoms with Gasteiger partial charge in [0.05, 0.1) is 6.61 Å².